The Kier molecular flexibility index (Phi) is 5.90. The van der Waals surface area contributed by atoms with Gasteiger partial charge in [-0.25, -0.2) is 8.42 Å². The van der Waals surface area contributed by atoms with Crippen LogP contribution >= 0.6 is 23.2 Å². The van der Waals surface area contributed by atoms with E-state index < -0.39 is 14.9 Å². The van der Waals surface area contributed by atoms with Crippen LogP contribution in [-0.4, -0.2) is 54.6 Å². The topological polar surface area (TPSA) is 101 Å². The van der Waals surface area contributed by atoms with Gasteiger partial charge in [0.15, 0.2) is 0 Å². The van der Waals surface area contributed by atoms with E-state index >= 15 is 0 Å². The average Bonchev–Trinajstić information content (AvgIpc) is 2.67. The molecule has 1 aliphatic heterocycles. The van der Waals surface area contributed by atoms with Crippen molar-refractivity contribution in [3.63, 3.8) is 0 Å². The molecular weight excluding hydrogens is 429 g/mol. The molecule has 3 rings (SSSR count). The molecule has 8 nitrogen and oxygen atoms in total. The van der Waals surface area contributed by atoms with Gasteiger partial charge in [-0.2, -0.15) is 4.31 Å². The largest absolute Gasteiger partial charge is 0.336 e. The van der Waals surface area contributed by atoms with E-state index in [4.69, 9.17) is 23.2 Å². The van der Waals surface area contributed by atoms with Gasteiger partial charge >= 0.3 is 0 Å². The maximum Gasteiger partial charge on any atom is 0.270 e. The Morgan fingerprint density at radius 2 is 1.71 bits per heavy atom. The molecule has 1 fully saturated rings. The summed E-state index contributed by atoms with van der Waals surface area (Å²) >= 11 is 11.9. The zero-order valence-electron chi connectivity index (χ0n) is 14.4. The number of benzene rings is 2. The zero-order valence-corrected chi connectivity index (χ0v) is 16.7. The van der Waals surface area contributed by atoms with Gasteiger partial charge in [0.1, 0.15) is 0 Å². The molecule has 0 radical (unpaired) electrons. The first-order valence-electron chi connectivity index (χ1n) is 8.19. The molecule has 1 amide bonds. The Bertz CT molecular complexity index is 1040. The fourth-order valence-corrected chi connectivity index (χ4v) is 4.82. The number of piperazine rings is 1. The smallest absolute Gasteiger partial charge is 0.270 e. The number of hydrogen-bond donors (Lipinski definition) is 0. The lowest BCUT2D eigenvalue weighted by Crippen LogP contribution is -2.50. The summed E-state index contributed by atoms with van der Waals surface area (Å²) in [5.41, 5.74) is -0.00618. The van der Waals surface area contributed by atoms with E-state index in [1.54, 1.807) is 6.07 Å². The Morgan fingerprint density at radius 3 is 2.32 bits per heavy atom. The van der Waals surface area contributed by atoms with Crippen LogP contribution in [0.2, 0.25) is 10.0 Å². The molecule has 1 aliphatic rings. The minimum Gasteiger partial charge on any atom is -0.336 e. The number of rotatable bonds is 4. The summed E-state index contributed by atoms with van der Waals surface area (Å²) in [5.74, 6) is -0.311. The lowest BCUT2D eigenvalue weighted by atomic mass is 10.2. The van der Waals surface area contributed by atoms with Gasteiger partial charge in [-0.3, -0.25) is 14.9 Å². The van der Waals surface area contributed by atoms with Crippen molar-refractivity contribution in [3.8, 4) is 0 Å². The predicted octanol–water partition coefficient (Wildman–Crippen LogP) is 3.05. The monoisotopic (exact) mass is 443 g/mol. The molecule has 0 spiro atoms. The highest BCUT2D eigenvalue weighted by molar-refractivity contribution is 7.89. The van der Waals surface area contributed by atoms with E-state index in [2.05, 4.69) is 0 Å². The Balaban J connectivity index is 1.73. The number of carbonyl (C=O) groups is 1. The van der Waals surface area contributed by atoms with Crippen molar-refractivity contribution in [1.82, 2.24) is 9.21 Å². The number of sulfonamides is 1. The molecule has 2 aromatic carbocycles. The van der Waals surface area contributed by atoms with Crippen LogP contribution in [0.4, 0.5) is 5.69 Å². The first-order chi connectivity index (χ1) is 13.2. The molecule has 0 aromatic heterocycles. The molecule has 0 atom stereocenters. The lowest BCUT2D eigenvalue weighted by molar-refractivity contribution is -0.385. The summed E-state index contributed by atoms with van der Waals surface area (Å²) in [6.45, 7) is 0.488. The van der Waals surface area contributed by atoms with Gasteiger partial charge in [0.2, 0.25) is 10.0 Å². The number of hydrogen-bond acceptors (Lipinski definition) is 5. The van der Waals surface area contributed by atoms with Gasteiger partial charge < -0.3 is 4.90 Å². The molecule has 0 aliphatic carbocycles. The molecule has 0 N–H and O–H groups in total. The van der Waals surface area contributed by atoms with Crippen molar-refractivity contribution in [2.45, 2.75) is 4.90 Å². The molecule has 11 heteroatoms. The Hall–Kier alpha value is -2.20. The summed E-state index contributed by atoms with van der Waals surface area (Å²) < 4.78 is 26.7. The summed E-state index contributed by atoms with van der Waals surface area (Å²) in [4.78, 5) is 24.2. The third-order valence-electron chi connectivity index (χ3n) is 4.35. The van der Waals surface area contributed by atoms with Gasteiger partial charge in [0.25, 0.3) is 11.6 Å². The normalized spacial score (nSPS) is 15.4. The highest BCUT2D eigenvalue weighted by Crippen LogP contribution is 2.25. The molecule has 0 unspecified atom stereocenters. The van der Waals surface area contributed by atoms with Gasteiger partial charge in [-0.05, 0) is 24.3 Å². The van der Waals surface area contributed by atoms with Crippen molar-refractivity contribution >= 4 is 44.8 Å². The van der Waals surface area contributed by atoms with Crippen molar-refractivity contribution < 1.29 is 18.1 Å². The molecular formula is C17H15Cl2N3O5S. The van der Waals surface area contributed by atoms with Gasteiger partial charge in [-0.1, -0.05) is 29.3 Å². The van der Waals surface area contributed by atoms with Gasteiger partial charge in [-0.15, -0.1) is 0 Å². The van der Waals surface area contributed by atoms with Gasteiger partial charge in [0.05, 0.1) is 20.4 Å². The van der Waals surface area contributed by atoms with Crippen LogP contribution in [0.5, 0.6) is 0 Å². The first-order valence-corrected chi connectivity index (χ1v) is 10.4. The van der Waals surface area contributed by atoms with Crippen LogP contribution in [0.25, 0.3) is 0 Å². The standard InChI is InChI=1S/C17H15Cl2N3O5S/c18-12-4-5-15(16(19)10-12)17(23)20-6-8-21(9-7-20)28(26,27)14-3-1-2-13(11-14)22(24)25/h1-5,10-11H,6-9H2. The number of halogens is 2. The molecule has 0 bridgehead atoms. The van der Waals surface area contributed by atoms with E-state index in [9.17, 15) is 23.3 Å². The quantitative estimate of drug-likeness (QED) is 0.533. The molecule has 2 aromatic rings. The van der Waals surface area contributed by atoms with Crippen LogP contribution in [0.15, 0.2) is 47.4 Å². The third kappa shape index (κ3) is 4.12. The number of non-ortho nitro benzene ring substituents is 1. The van der Waals surface area contributed by atoms with Crippen LogP contribution < -0.4 is 0 Å². The summed E-state index contributed by atoms with van der Waals surface area (Å²) in [5, 5.41) is 11.5. The van der Waals surface area contributed by atoms with E-state index in [0.717, 1.165) is 6.07 Å². The second-order valence-electron chi connectivity index (χ2n) is 6.07. The third-order valence-corrected chi connectivity index (χ3v) is 6.80. The fourth-order valence-electron chi connectivity index (χ4n) is 2.87. The summed E-state index contributed by atoms with van der Waals surface area (Å²) in [7, 11) is -3.90. The van der Waals surface area contributed by atoms with Crippen LogP contribution in [0.1, 0.15) is 10.4 Å². The number of carbonyl (C=O) groups excluding carboxylic acids is 1. The zero-order chi connectivity index (χ0) is 20.5. The highest BCUT2D eigenvalue weighted by Gasteiger charge is 2.31. The van der Waals surface area contributed by atoms with Crippen LogP contribution in [0, 0.1) is 10.1 Å². The SMILES string of the molecule is O=C(c1ccc(Cl)cc1Cl)N1CCN(S(=O)(=O)c2cccc([N+](=O)[O-])c2)CC1. The van der Waals surface area contributed by atoms with E-state index in [1.807, 2.05) is 0 Å². The van der Waals surface area contributed by atoms with Crippen LogP contribution in [0.3, 0.4) is 0 Å². The van der Waals surface area contributed by atoms with E-state index in [-0.39, 0.29) is 47.7 Å². The van der Waals surface area contributed by atoms with Crippen molar-refractivity contribution in [3.05, 3.63) is 68.2 Å². The predicted molar refractivity (Wildman–Crippen MR) is 104 cm³/mol. The Labute approximate surface area is 171 Å². The van der Waals surface area contributed by atoms with Crippen LogP contribution in [-0.2, 0) is 10.0 Å². The van der Waals surface area contributed by atoms with E-state index in [1.165, 1.54) is 39.5 Å². The maximum absolute atomic E-state index is 12.8. The molecule has 148 valence electrons. The van der Waals surface area contributed by atoms with Gasteiger partial charge in [0, 0.05) is 43.3 Å². The van der Waals surface area contributed by atoms with Crippen molar-refractivity contribution in [2.24, 2.45) is 0 Å². The minimum absolute atomic E-state index is 0.0714. The van der Waals surface area contributed by atoms with E-state index in [0.29, 0.717) is 10.6 Å². The maximum atomic E-state index is 12.8. The highest BCUT2D eigenvalue weighted by atomic mass is 35.5. The molecule has 1 heterocycles. The number of amides is 1. The number of nitro groups is 1. The lowest BCUT2D eigenvalue weighted by Gasteiger charge is -2.34. The Morgan fingerprint density at radius 1 is 1.04 bits per heavy atom. The molecule has 0 saturated carbocycles. The summed E-state index contributed by atoms with van der Waals surface area (Å²) in [6.07, 6.45) is 0. The average molecular weight is 444 g/mol. The molecule has 1 saturated heterocycles. The van der Waals surface area contributed by atoms with Crippen molar-refractivity contribution in [2.75, 3.05) is 26.2 Å². The minimum atomic E-state index is -3.90. The van der Waals surface area contributed by atoms with Crippen molar-refractivity contribution in [1.29, 1.82) is 0 Å². The fraction of sp³-hybridized carbons (Fsp3) is 0.235. The number of nitro benzene ring substituents is 1. The number of nitrogens with zero attached hydrogens (tertiary/aromatic N) is 3. The first kappa shape index (κ1) is 20.5. The second kappa shape index (κ2) is 8.04. The second-order valence-corrected chi connectivity index (χ2v) is 8.86. The molecule has 28 heavy (non-hydrogen) atoms. The summed E-state index contributed by atoms with van der Waals surface area (Å²) in [6, 6.07) is 9.45.